The van der Waals surface area contributed by atoms with Gasteiger partial charge in [0.05, 0.1) is 0 Å². The van der Waals surface area contributed by atoms with Crippen LogP contribution in [0.4, 0.5) is 11.9 Å². The first-order valence-corrected chi connectivity index (χ1v) is 6.23. The van der Waals surface area contributed by atoms with Crippen molar-refractivity contribution in [1.82, 2.24) is 29.6 Å². The van der Waals surface area contributed by atoms with Crippen molar-refractivity contribution in [2.24, 2.45) is 5.84 Å². The Morgan fingerprint density at radius 1 is 1.30 bits per heavy atom. The Hall–Kier alpha value is -2.26. The third kappa shape index (κ3) is 3.39. The fraction of sp³-hybridized carbons (Fsp3) is 0.455. The van der Waals surface area contributed by atoms with Crippen molar-refractivity contribution in [3.05, 3.63) is 18.5 Å². The third-order valence-corrected chi connectivity index (χ3v) is 2.90. The van der Waals surface area contributed by atoms with Crippen LogP contribution in [0, 0.1) is 0 Å². The largest absolute Gasteiger partial charge is 0.352 e. The molecule has 0 aromatic carbocycles. The van der Waals surface area contributed by atoms with Gasteiger partial charge in [-0.25, -0.2) is 10.5 Å². The molecule has 2 aromatic rings. The van der Waals surface area contributed by atoms with Crippen molar-refractivity contribution < 1.29 is 0 Å². The van der Waals surface area contributed by atoms with Gasteiger partial charge in [-0.1, -0.05) is 0 Å². The molecule has 2 rings (SSSR count). The third-order valence-electron chi connectivity index (χ3n) is 2.90. The number of rotatable bonds is 6. The Morgan fingerprint density at radius 3 is 2.65 bits per heavy atom. The number of nitrogens with two attached hydrogens (primary N) is 1. The Bertz CT molecular complexity index is 537. The molecule has 2 aromatic heterocycles. The van der Waals surface area contributed by atoms with Crippen LogP contribution in [0.15, 0.2) is 18.5 Å². The van der Waals surface area contributed by atoms with Crippen molar-refractivity contribution in [3.8, 4) is 5.95 Å². The number of hydrogen-bond acceptors (Lipinski definition) is 8. The Morgan fingerprint density at radius 2 is 2.05 bits per heavy atom. The molecule has 0 radical (unpaired) electrons. The summed E-state index contributed by atoms with van der Waals surface area (Å²) in [6, 6.07) is 2.13. The fourth-order valence-corrected chi connectivity index (χ4v) is 1.42. The van der Waals surface area contributed by atoms with E-state index < -0.39 is 0 Å². The molecule has 0 aliphatic heterocycles. The Balaban J connectivity index is 2.18. The van der Waals surface area contributed by atoms with Gasteiger partial charge in [-0.3, -0.25) is 5.43 Å². The number of nitrogen functional groups attached to an aromatic ring is 1. The molecule has 9 heteroatoms. The lowest BCUT2D eigenvalue weighted by Gasteiger charge is -2.20. The fourth-order valence-electron chi connectivity index (χ4n) is 1.42. The van der Waals surface area contributed by atoms with Crippen LogP contribution in [0.5, 0.6) is 0 Å². The highest BCUT2D eigenvalue weighted by atomic mass is 15.4. The van der Waals surface area contributed by atoms with Crippen LogP contribution >= 0.6 is 0 Å². The van der Waals surface area contributed by atoms with Crippen molar-refractivity contribution in [3.63, 3.8) is 0 Å². The van der Waals surface area contributed by atoms with Gasteiger partial charge in [0.25, 0.3) is 5.95 Å². The molecule has 0 aliphatic carbocycles. The quantitative estimate of drug-likeness (QED) is 0.488. The van der Waals surface area contributed by atoms with Crippen LogP contribution < -0.4 is 16.6 Å². The number of likely N-dealkylation sites (N-methyl/N-ethyl adjacent to an activating group) is 1. The van der Waals surface area contributed by atoms with Gasteiger partial charge in [-0.15, -0.1) is 0 Å². The minimum Gasteiger partial charge on any atom is -0.352 e. The van der Waals surface area contributed by atoms with Gasteiger partial charge in [0.15, 0.2) is 0 Å². The zero-order chi connectivity index (χ0) is 14.5. The van der Waals surface area contributed by atoms with Gasteiger partial charge in [-0.2, -0.15) is 20.1 Å². The molecule has 20 heavy (non-hydrogen) atoms. The van der Waals surface area contributed by atoms with E-state index in [-0.39, 0.29) is 5.95 Å². The molecular weight excluding hydrogens is 258 g/mol. The first-order chi connectivity index (χ1) is 9.60. The van der Waals surface area contributed by atoms with Crippen LogP contribution in [0.3, 0.4) is 0 Å². The van der Waals surface area contributed by atoms with Gasteiger partial charge in [-0.05, 0) is 27.1 Å². The Kier molecular flexibility index (Phi) is 4.43. The smallest absolute Gasteiger partial charge is 0.257 e. The van der Waals surface area contributed by atoms with Crippen molar-refractivity contribution in [2.45, 2.75) is 13.0 Å². The second-order valence-electron chi connectivity index (χ2n) is 4.57. The van der Waals surface area contributed by atoms with Crippen molar-refractivity contribution in [2.75, 3.05) is 31.4 Å². The van der Waals surface area contributed by atoms with Gasteiger partial charge < -0.3 is 10.2 Å². The molecule has 0 aliphatic rings. The lowest BCUT2D eigenvalue weighted by Crippen LogP contribution is -2.32. The lowest BCUT2D eigenvalue weighted by molar-refractivity contribution is 0.325. The van der Waals surface area contributed by atoms with Crippen molar-refractivity contribution >= 4 is 11.9 Å². The molecule has 9 nitrogen and oxygen atoms in total. The minimum absolute atomic E-state index is 0.283. The summed E-state index contributed by atoms with van der Waals surface area (Å²) < 4.78 is 1.54. The van der Waals surface area contributed by atoms with E-state index in [2.05, 4.69) is 42.6 Å². The summed E-state index contributed by atoms with van der Waals surface area (Å²) in [5.74, 6) is 6.51. The summed E-state index contributed by atoms with van der Waals surface area (Å²) in [7, 11) is 4.03. The van der Waals surface area contributed by atoms with Gasteiger partial charge in [0, 0.05) is 25.0 Å². The highest BCUT2D eigenvalue weighted by Gasteiger charge is 2.09. The SMILES string of the molecule is CC(CNc1nc(NN)nc(-n2cccn2)n1)N(C)C. The Labute approximate surface area is 117 Å². The van der Waals surface area contributed by atoms with E-state index in [0.717, 1.165) is 0 Å². The van der Waals surface area contributed by atoms with Crippen LogP contribution in [0.2, 0.25) is 0 Å². The topological polar surface area (TPSA) is 110 Å². The summed E-state index contributed by atoms with van der Waals surface area (Å²) in [5, 5.41) is 7.25. The van der Waals surface area contributed by atoms with E-state index in [4.69, 9.17) is 5.84 Å². The second kappa shape index (κ2) is 6.26. The highest BCUT2D eigenvalue weighted by molar-refractivity contribution is 5.37. The molecule has 0 bridgehead atoms. The maximum atomic E-state index is 5.38. The molecule has 0 saturated heterocycles. The van der Waals surface area contributed by atoms with Crippen LogP contribution in [-0.2, 0) is 0 Å². The summed E-state index contributed by atoms with van der Waals surface area (Å²) in [5.41, 5.74) is 2.43. The van der Waals surface area contributed by atoms with Gasteiger partial charge >= 0.3 is 0 Å². The number of nitrogens with zero attached hydrogens (tertiary/aromatic N) is 6. The highest BCUT2D eigenvalue weighted by Crippen LogP contribution is 2.08. The predicted molar refractivity (Wildman–Crippen MR) is 76.4 cm³/mol. The number of hydrazine groups is 1. The normalized spacial score (nSPS) is 12.4. The molecular formula is C11H19N9. The monoisotopic (exact) mass is 277 g/mol. The van der Waals surface area contributed by atoms with Gasteiger partial charge in [0.1, 0.15) is 0 Å². The first-order valence-electron chi connectivity index (χ1n) is 6.23. The number of nitrogens with one attached hydrogen (secondary N) is 2. The molecule has 108 valence electrons. The average Bonchev–Trinajstić information content (AvgIpc) is 2.98. The van der Waals surface area contributed by atoms with E-state index in [9.17, 15) is 0 Å². The van der Waals surface area contributed by atoms with Crippen LogP contribution in [-0.4, -0.2) is 56.3 Å². The zero-order valence-corrected chi connectivity index (χ0v) is 11.8. The maximum Gasteiger partial charge on any atom is 0.257 e. The van der Waals surface area contributed by atoms with Gasteiger partial charge in [0.2, 0.25) is 11.9 Å². The molecule has 0 spiro atoms. The standard InChI is InChI=1S/C11H19N9/c1-8(19(2)3)7-13-9-15-10(18-12)17-11(16-9)20-6-4-5-14-20/h4-6,8H,7,12H2,1-3H3,(H2,13,15,16,17,18). The molecule has 0 amide bonds. The summed E-state index contributed by atoms with van der Waals surface area (Å²) in [4.78, 5) is 14.7. The summed E-state index contributed by atoms with van der Waals surface area (Å²) in [6.45, 7) is 2.81. The molecule has 0 fully saturated rings. The maximum absolute atomic E-state index is 5.38. The molecule has 2 heterocycles. The van der Waals surface area contributed by atoms with Crippen molar-refractivity contribution in [1.29, 1.82) is 0 Å². The molecule has 1 unspecified atom stereocenters. The van der Waals surface area contributed by atoms with E-state index in [1.165, 1.54) is 0 Å². The minimum atomic E-state index is 0.283. The molecule has 0 saturated carbocycles. The number of anilines is 2. The molecule has 4 N–H and O–H groups in total. The predicted octanol–water partition coefficient (Wildman–Crippen LogP) is -0.295. The summed E-state index contributed by atoms with van der Waals surface area (Å²) >= 11 is 0. The number of hydrogen-bond donors (Lipinski definition) is 3. The van der Waals surface area contributed by atoms with E-state index in [1.807, 2.05) is 14.1 Å². The van der Waals surface area contributed by atoms with E-state index in [1.54, 1.807) is 23.1 Å². The first kappa shape index (κ1) is 14.2. The lowest BCUT2D eigenvalue weighted by atomic mass is 10.3. The summed E-state index contributed by atoms with van der Waals surface area (Å²) in [6.07, 6.45) is 3.41. The van der Waals surface area contributed by atoms with E-state index >= 15 is 0 Å². The zero-order valence-electron chi connectivity index (χ0n) is 11.8. The molecule has 1 atom stereocenters. The van der Waals surface area contributed by atoms with Crippen LogP contribution in [0.25, 0.3) is 5.95 Å². The van der Waals surface area contributed by atoms with E-state index in [0.29, 0.717) is 24.5 Å². The average molecular weight is 277 g/mol. The number of aromatic nitrogens is 5. The second-order valence-corrected chi connectivity index (χ2v) is 4.57. The van der Waals surface area contributed by atoms with Crippen LogP contribution in [0.1, 0.15) is 6.92 Å².